The number of amides is 1. The van der Waals surface area contributed by atoms with Crippen LogP contribution in [0.3, 0.4) is 0 Å². The van der Waals surface area contributed by atoms with E-state index in [9.17, 15) is 19.5 Å². The number of hydrogen-bond acceptors (Lipinski definition) is 8. The van der Waals surface area contributed by atoms with Crippen LogP contribution in [0.2, 0.25) is 5.02 Å². The molecule has 1 aliphatic heterocycles. The molecule has 3 heterocycles. The summed E-state index contributed by atoms with van der Waals surface area (Å²) in [4.78, 5) is 39.5. The minimum Gasteiger partial charge on any atom is -0.488 e. The third-order valence-corrected chi connectivity index (χ3v) is 7.29. The second kappa shape index (κ2) is 17.4. The minimum atomic E-state index is -0.726. The first-order chi connectivity index (χ1) is 22.2. The third kappa shape index (κ3) is 10.1. The van der Waals surface area contributed by atoms with E-state index in [2.05, 4.69) is 22.1 Å². The normalized spacial score (nSPS) is 15.3. The van der Waals surface area contributed by atoms with Gasteiger partial charge in [0.1, 0.15) is 36.4 Å². The maximum absolute atomic E-state index is 12.9. The van der Waals surface area contributed by atoms with E-state index in [0.717, 1.165) is 31.3 Å². The van der Waals surface area contributed by atoms with Gasteiger partial charge in [-0.1, -0.05) is 47.9 Å². The summed E-state index contributed by atoms with van der Waals surface area (Å²) in [6.45, 7) is 4.78. The van der Waals surface area contributed by atoms with E-state index in [1.54, 1.807) is 36.4 Å². The topological polar surface area (TPSA) is 145 Å². The van der Waals surface area contributed by atoms with Crippen LogP contribution in [0.1, 0.15) is 67.4 Å². The van der Waals surface area contributed by atoms with Gasteiger partial charge >= 0.3 is 5.69 Å². The molecule has 1 aromatic carbocycles. The van der Waals surface area contributed by atoms with Crippen LogP contribution in [-0.2, 0) is 15.9 Å². The van der Waals surface area contributed by atoms with Gasteiger partial charge in [-0.3, -0.25) is 19.1 Å². The number of nitrogens with one attached hydrogen (secondary N) is 2. The predicted molar refractivity (Wildman–Crippen MR) is 174 cm³/mol. The van der Waals surface area contributed by atoms with Gasteiger partial charge in [-0.05, 0) is 57.0 Å². The molecule has 0 spiro atoms. The second-order valence-corrected chi connectivity index (χ2v) is 11.2. The number of ether oxygens (including phenoxy) is 3. The highest BCUT2D eigenvalue weighted by Gasteiger charge is 2.21. The Balaban J connectivity index is 1.15. The first kappa shape index (κ1) is 34.5. The van der Waals surface area contributed by atoms with Crippen molar-refractivity contribution in [3.63, 3.8) is 0 Å². The molecule has 3 N–H and O–H groups in total. The van der Waals surface area contributed by atoms with Crippen LogP contribution in [-0.4, -0.2) is 53.1 Å². The number of allylic oxidation sites excluding steroid dienone is 1. The van der Waals surface area contributed by atoms with Gasteiger partial charge in [-0.25, -0.2) is 4.79 Å². The Bertz CT molecular complexity index is 1720. The van der Waals surface area contributed by atoms with Crippen LogP contribution < -0.4 is 21.3 Å². The lowest BCUT2D eigenvalue weighted by atomic mass is 10.1. The molecule has 12 heteroatoms. The molecule has 1 aliphatic rings. The molecule has 3 aromatic rings. The molecule has 0 saturated carbocycles. The molecule has 0 saturated heterocycles. The van der Waals surface area contributed by atoms with Gasteiger partial charge in [0.15, 0.2) is 6.23 Å². The number of halogens is 1. The number of hydrogen-bond donors (Lipinski definition) is 3. The van der Waals surface area contributed by atoms with Gasteiger partial charge in [0.05, 0.1) is 23.5 Å². The molecule has 1 amide bonds. The lowest BCUT2D eigenvalue weighted by molar-refractivity contribution is -0.0103. The molecule has 244 valence electrons. The third-order valence-electron chi connectivity index (χ3n) is 6.98. The summed E-state index contributed by atoms with van der Waals surface area (Å²) in [5, 5.41) is 12.6. The molecule has 0 bridgehead atoms. The Morgan fingerprint density at radius 1 is 1.17 bits per heavy atom. The number of anilines is 1. The standard InChI is InChI=1S/C34H38ClN3O8/c1-23(2)14-18-45-30-20-25(10-12-28(30)35)36-33(41)27-15-19-44-29(27)9-5-3-4-6-16-43-17-7-8-24-21-38(34(42)37-32(24)40)31-13-11-26(22-39)46-31/h10-15,19-21,26,31,39H,3-6,9,16-18,22H2,1-2H3,(H,36,41)(H,37,40,42)/t26-,31+/m0/s1. The summed E-state index contributed by atoms with van der Waals surface area (Å²) < 4.78 is 23.6. The maximum Gasteiger partial charge on any atom is 0.330 e. The summed E-state index contributed by atoms with van der Waals surface area (Å²) in [5.41, 5.74) is 1.09. The summed E-state index contributed by atoms with van der Waals surface area (Å²) in [6.07, 6.45) is 11.0. The van der Waals surface area contributed by atoms with Gasteiger partial charge in [0, 0.05) is 31.0 Å². The van der Waals surface area contributed by atoms with Crippen molar-refractivity contribution in [3.8, 4) is 17.6 Å². The number of furan rings is 1. The molecular weight excluding hydrogens is 614 g/mol. The maximum atomic E-state index is 12.9. The molecule has 2 atom stereocenters. The highest BCUT2D eigenvalue weighted by atomic mass is 35.5. The highest BCUT2D eigenvalue weighted by Crippen LogP contribution is 2.28. The number of aliphatic hydroxyl groups excluding tert-OH is 1. The molecule has 0 fully saturated rings. The van der Waals surface area contributed by atoms with Crippen molar-refractivity contribution in [2.75, 3.05) is 31.7 Å². The Kier molecular flexibility index (Phi) is 13.0. The first-order valence-corrected chi connectivity index (χ1v) is 15.4. The number of nitrogens with zero attached hydrogens (tertiary/aromatic N) is 1. The minimum absolute atomic E-state index is 0.112. The van der Waals surface area contributed by atoms with E-state index in [1.807, 2.05) is 19.9 Å². The number of H-pyrrole nitrogens is 1. The molecule has 2 aromatic heterocycles. The van der Waals surface area contributed by atoms with Crippen molar-refractivity contribution in [3.05, 3.63) is 103 Å². The van der Waals surface area contributed by atoms with Gasteiger partial charge in [-0.2, -0.15) is 0 Å². The number of aryl methyl sites for hydroxylation is 1. The monoisotopic (exact) mass is 651 g/mol. The number of aromatic amines is 1. The van der Waals surface area contributed by atoms with Crippen molar-refractivity contribution in [1.82, 2.24) is 9.55 Å². The van der Waals surface area contributed by atoms with Crippen LogP contribution in [0, 0.1) is 11.8 Å². The fourth-order valence-corrected chi connectivity index (χ4v) is 4.71. The number of carbonyl (C=O) groups is 1. The van der Waals surface area contributed by atoms with E-state index in [0.29, 0.717) is 47.4 Å². The fourth-order valence-electron chi connectivity index (χ4n) is 4.54. The van der Waals surface area contributed by atoms with Crippen molar-refractivity contribution < 1.29 is 28.5 Å². The Labute approximate surface area is 271 Å². The van der Waals surface area contributed by atoms with Gasteiger partial charge in [0.2, 0.25) is 0 Å². The highest BCUT2D eigenvalue weighted by molar-refractivity contribution is 6.32. The first-order valence-electron chi connectivity index (χ1n) is 15.0. The predicted octanol–water partition coefficient (Wildman–Crippen LogP) is 5.00. The van der Waals surface area contributed by atoms with E-state index in [1.165, 1.54) is 17.0 Å². The van der Waals surface area contributed by atoms with Crippen LogP contribution in [0.15, 0.2) is 74.5 Å². The van der Waals surface area contributed by atoms with Gasteiger partial charge in [-0.15, -0.1) is 0 Å². The van der Waals surface area contributed by atoms with Crippen LogP contribution in [0.25, 0.3) is 0 Å². The van der Waals surface area contributed by atoms with Crippen molar-refractivity contribution in [1.29, 1.82) is 0 Å². The van der Waals surface area contributed by atoms with Gasteiger partial charge in [0.25, 0.3) is 11.5 Å². The smallest absolute Gasteiger partial charge is 0.330 e. The number of aromatic nitrogens is 2. The molecule has 0 aliphatic carbocycles. The Morgan fingerprint density at radius 3 is 2.78 bits per heavy atom. The van der Waals surface area contributed by atoms with Crippen molar-refractivity contribution in [2.24, 2.45) is 0 Å². The van der Waals surface area contributed by atoms with E-state index in [-0.39, 0.29) is 24.7 Å². The number of aliphatic hydroxyl groups is 1. The average molecular weight is 652 g/mol. The summed E-state index contributed by atoms with van der Waals surface area (Å²) in [7, 11) is 0. The van der Waals surface area contributed by atoms with Crippen LogP contribution in [0.5, 0.6) is 5.75 Å². The number of unbranched alkanes of at least 4 members (excludes halogenated alkanes) is 3. The van der Waals surface area contributed by atoms with Crippen molar-refractivity contribution in [2.45, 2.75) is 58.3 Å². The number of carbonyl (C=O) groups excluding carboxylic acids is 1. The van der Waals surface area contributed by atoms with Crippen LogP contribution >= 0.6 is 11.6 Å². The summed E-state index contributed by atoms with van der Waals surface area (Å²) >= 11 is 6.24. The zero-order valence-corrected chi connectivity index (χ0v) is 26.6. The quantitative estimate of drug-likeness (QED) is 0.118. The molecule has 11 nitrogen and oxygen atoms in total. The summed E-state index contributed by atoms with van der Waals surface area (Å²) in [6, 6.07) is 6.77. The van der Waals surface area contributed by atoms with E-state index < -0.39 is 23.6 Å². The van der Waals surface area contributed by atoms with Crippen LogP contribution in [0.4, 0.5) is 5.69 Å². The summed E-state index contributed by atoms with van der Waals surface area (Å²) in [5.74, 6) is 6.39. The zero-order chi connectivity index (χ0) is 32.9. The molecule has 0 unspecified atom stereocenters. The Hall–Kier alpha value is -4.34. The SMILES string of the molecule is CC(C)=CCOc1cc(NC(=O)c2ccoc2CCCCCCOCC#Cc2cn([C@H]3C=C[C@@H](CO)O3)c(=O)[nH]c2=O)ccc1Cl. The Morgan fingerprint density at radius 2 is 2.00 bits per heavy atom. The number of rotatable bonds is 15. The largest absolute Gasteiger partial charge is 0.488 e. The lowest BCUT2D eigenvalue weighted by Gasteiger charge is -2.14. The van der Waals surface area contributed by atoms with E-state index in [4.69, 9.17) is 30.2 Å². The molecule has 4 rings (SSSR count). The molecular formula is C34H38ClN3O8. The zero-order valence-electron chi connectivity index (χ0n) is 25.8. The molecule has 0 radical (unpaired) electrons. The second-order valence-electron chi connectivity index (χ2n) is 10.8. The van der Waals surface area contributed by atoms with Crippen molar-refractivity contribution >= 4 is 23.2 Å². The average Bonchev–Trinajstić information content (AvgIpc) is 3.70. The van der Waals surface area contributed by atoms with Gasteiger partial charge < -0.3 is 29.1 Å². The van der Waals surface area contributed by atoms with E-state index >= 15 is 0 Å². The molecule has 46 heavy (non-hydrogen) atoms. The fraction of sp³-hybridized carbons (Fsp3) is 0.382. The number of benzene rings is 1. The lowest BCUT2D eigenvalue weighted by Crippen LogP contribution is -2.33.